The van der Waals surface area contributed by atoms with E-state index in [4.69, 9.17) is 0 Å². The van der Waals surface area contributed by atoms with Crippen molar-refractivity contribution in [3.63, 3.8) is 0 Å². The van der Waals surface area contributed by atoms with E-state index in [0.29, 0.717) is 4.83 Å². The average Bonchev–Trinajstić information content (AvgIpc) is 2.02. The Balaban J connectivity index is 2.70. The van der Waals surface area contributed by atoms with Gasteiger partial charge in [-0.25, -0.2) is 9.97 Å². The first-order valence-electron chi connectivity index (χ1n) is 4.82. The number of hydrogen-bond acceptors (Lipinski definition) is 2. The van der Waals surface area contributed by atoms with Gasteiger partial charge in [-0.2, -0.15) is 0 Å². The molecule has 14 heavy (non-hydrogen) atoms. The van der Waals surface area contributed by atoms with E-state index in [1.807, 2.05) is 19.2 Å². The first kappa shape index (κ1) is 11.6. The Kier molecular flexibility index (Phi) is 3.65. The Morgan fingerprint density at radius 3 is 2.57 bits per heavy atom. The molecule has 0 saturated carbocycles. The van der Waals surface area contributed by atoms with Gasteiger partial charge in [-0.05, 0) is 18.4 Å². The summed E-state index contributed by atoms with van der Waals surface area (Å²) in [5.74, 6) is 0.918. The van der Waals surface area contributed by atoms with Crippen LogP contribution < -0.4 is 0 Å². The number of hydrogen-bond donors (Lipinski definition) is 0. The normalized spacial score (nSPS) is 14.1. The summed E-state index contributed by atoms with van der Waals surface area (Å²) >= 11 is 3.68. The fourth-order valence-corrected chi connectivity index (χ4v) is 1.36. The highest BCUT2D eigenvalue weighted by molar-refractivity contribution is 9.09. The predicted octanol–water partition coefficient (Wildman–Crippen LogP) is 3.14. The zero-order valence-electron chi connectivity index (χ0n) is 9.21. The maximum Gasteiger partial charge on any atom is 0.129 e. The second-order valence-electron chi connectivity index (χ2n) is 4.65. The third-order valence-electron chi connectivity index (χ3n) is 2.15. The monoisotopic (exact) mass is 256 g/mol. The number of nitrogens with zero attached hydrogens (tertiary/aromatic N) is 2. The third-order valence-corrected chi connectivity index (χ3v) is 3.84. The van der Waals surface area contributed by atoms with Crippen molar-refractivity contribution in [2.75, 3.05) is 0 Å². The summed E-state index contributed by atoms with van der Waals surface area (Å²) in [7, 11) is 0. The highest BCUT2D eigenvalue weighted by atomic mass is 79.9. The van der Waals surface area contributed by atoms with Gasteiger partial charge in [0.25, 0.3) is 0 Å². The van der Waals surface area contributed by atoms with Gasteiger partial charge < -0.3 is 0 Å². The van der Waals surface area contributed by atoms with Crippen LogP contribution in [-0.4, -0.2) is 14.8 Å². The van der Waals surface area contributed by atoms with Gasteiger partial charge in [-0.15, -0.1) is 0 Å². The molecule has 0 radical (unpaired) electrons. The molecule has 0 saturated heterocycles. The first-order chi connectivity index (χ1) is 6.39. The van der Waals surface area contributed by atoms with E-state index in [1.165, 1.54) is 0 Å². The van der Waals surface area contributed by atoms with E-state index in [0.717, 1.165) is 17.9 Å². The molecule has 1 rings (SSSR count). The molecule has 3 heteroatoms. The minimum Gasteiger partial charge on any atom is -0.241 e. The Labute approximate surface area is 94.3 Å². The van der Waals surface area contributed by atoms with Crippen molar-refractivity contribution in [3.8, 4) is 0 Å². The van der Waals surface area contributed by atoms with E-state index in [2.05, 4.69) is 46.7 Å². The van der Waals surface area contributed by atoms with Gasteiger partial charge in [0.05, 0.1) is 0 Å². The van der Waals surface area contributed by atoms with E-state index >= 15 is 0 Å². The average molecular weight is 257 g/mol. The van der Waals surface area contributed by atoms with Gasteiger partial charge in [0.1, 0.15) is 5.82 Å². The summed E-state index contributed by atoms with van der Waals surface area (Å²) in [6, 6.07) is 1.92. The summed E-state index contributed by atoms with van der Waals surface area (Å²) in [5.41, 5.74) is 1.27. The van der Waals surface area contributed by atoms with Crippen LogP contribution in [0.4, 0.5) is 0 Å². The fourth-order valence-electron chi connectivity index (χ4n) is 1.07. The highest BCUT2D eigenvalue weighted by Gasteiger charge is 2.22. The van der Waals surface area contributed by atoms with Gasteiger partial charge in [-0.1, -0.05) is 36.7 Å². The summed E-state index contributed by atoms with van der Waals surface area (Å²) in [6.45, 7) is 8.62. The molecule has 1 heterocycles. The Hall–Kier alpha value is -0.440. The van der Waals surface area contributed by atoms with Crippen LogP contribution in [0.3, 0.4) is 0 Å². The number of rotatable bonds is 2. The van der Waals surface area contributed by atoms with E-state index in [9.17, 15) is 0 Å². The molecule has 2 nitrogen and oxygen atoms in total. The molecule has 0 aromatic carbocycles. The molecular formula is C11H17BrN2. The van der Waals surface area contributed by atoms with Gasteiger partial charge in [0.15, 0.2) is 0 Å². The van der Waals surface area contributed by atoms with Crippen LogP contribution in [0.2, 0.25) is 0 Å². The minimum absolute atomic E-state index is 0.243. The van der Waals surface area contributed by atoms with Crippen molar-refractivity contribution < 1.29 is 0 Å². The Bertz CT molecular complexity index is 304. The molecule has 0 bridgehead atoms. The molecule has 78 valence electrons. The largest absolute Gasteiger partial charge is 0.241 e. The van der Waals surface area contributed by atoms with Crippen LogP contribution in [0.1, 0.15) is 32.3 Å². The Morgan fingerprint density at radius 1 is 1.43 bits per heavy atom. The van der Waals surface area contributed by atoms with Crippen LogP contribution in [0.5, 0.6) is 0 Å². The number of alkyl halides is 1. The number of aryl methyl sites for hydroxylation is 1. The second-order valence-corrected chi connectivity index (χ2v) is 5.76. The van der Waals surface area contributed by atoms with Crippen molar-refractivity contribution >= 4 is 15.9 Å². The molecule has 1 aromatic rings. The third kappa shape index (κ3) is 3.37. The predicted molar refractivity (Wildman–Crippen MR) is 62.6 cm³/mol. The van der Waals surface area contributed by atoms with Crippen LogP contribution in [0.25, 0.3) is 0 Å². The van der Waals surface area contributed by atoms with Gasteiger partial charge in [0, 0.05) is 23.1 Å². The summed E-state index contributed by atoms with van der Waals surface area (Å²) in [4.78, 5) is 9.05. The quantitative estimate of drug-likeness (QED) is 0.760. The number of halogens is 1. The lowest BCUT2D eigenvalue weighted by Gasteiger charge is -2.24. The van der Waals surface area contributed by atoms with Crippen molar-refractivity contribution in [1.82, 2.24) is 9.97 Å². The molecule has 1 unspecified atom stereocenters. The minimum atomic E-state index is 0.243. The molecule has 1 atom stereocenters. The second kappa shape index (κ2) is 4.39. The SMILES string of the molecule is Cc1ccnc(CC(Br)C(C)(C)C)n1. The van der Waals surface area contributed by atoms with Crippen molar-refractivity contribution in [1.29, 1.82) is 0 Å². The standard InChI is InChI=1S/C11H17BrN2/c1-8-5-6-13-10(14-8)7-9(12)11(2,3)4/h5-6,9H,7H2,1-4H3. The van der Waals surface area contributed by atoms with Crippen molar-refractivity contribution in [2.45, 2.75) is 38.9 Å². The molecule has 1 aromatic heterocycles. The smallest absolute Gasteiger partial charge is 0.129 e. The summed E-state index contributed by atoms with van der Waals surface area (Å²) in [5, 5.41) is 0. The van der Waals surface area contributed by atoms with Crippen molar-refractivity contribution in [2.24, 2.45) is 5.41 Å². The summed E-state index contributed by atoms with van der Waals surface area (Å²) in [6.07, 6.45) is 2.70. The fraction of sp³-hybridized carbons (Fsp3) is 0.636. The Morgan fingerprint density at radius 2 is 2.07 bits per heavy atom. The van der Waals surface area contributed by atoms with Crippen LogP contribution >= 0.6 is 15.9 Å². The maximum absolute atomic E-state index is 4.39. The molecule has 0 N–H and O–H groups in total. The molecule has 0 spiro atoms. The van der Waals surface area contributed by atoms with Crippen LogP contribution in [-0.2, 0) is 6.42 Å². The van der Waals surface area contributed by atoms with E-state index in [1.54, 1.807) is 0 Å². The van der Waals surface area contributed by atoms with Crippen LogP contribution in [0.15, 0.2) is 12.3 Å². The molecule has 0 aliphatic rings. The lowest BCUT2D eigenvalue weighted by atomic mass is 9.90. The molecule has 0 fully saturated rings. The summed E-state index contributed by atoms with van der Waals surface area (Å²) < 4.78 is 0. The lowest BCUT2D eigenvalue weighted by Crippen LogP contribution is -2.23. The molecule has 0 aliphatic heterocycles. The lowest BCUT2D eigenvalue weighted by molar-refractivity contribution is 0.394. The highest BCUT2D eigenvalue weighted by Crippen LogP contribution is 2.28. The topological polar surface area (TPSA) is 25.8 Å². The van der Waals surface area contributed by atoms with Crippen molar-refractivity contribution in [3.05, 3.63) is 23.8 Å². The van der Waals surface area contributed by atoms with Gasteiger partial charge in [-0.3, -0.25) is 0 Å². The maximum atomic E-state index is 4.39. The number of aromatic nitrogens is 2. The molecular weight excluding hydrogens is 240 g/mol. The van der Waals surface area contributed by atoms with Crippen LogP contribution in [0, 0.1) is 12.3 Å². The first-order valence-corrected chi connectivity index (χ1v) is 5.74. The molecule has 0 aliphatic carbocycles. The zero-order chi connectivity index (χ0) is 10.8. The molecule has 0 amide bonds. The zero-order valence-corrected chi connectivity index (χ0v) is 10.8. The van der Waals surface area contributed by atoms with Gasteiger partial charge >= 0.3 is 0 Å². The van der Waals surface area contributed by atoms with Gasteiger partial charge in [0.2, 0.25) is 0 Å². The van der Waals surface area contributed by atoms with E-state index < -0.39 is 0 Å². The van der Waals surface area contributed by atoms with E-state index in [-0.39, 0.29) is 5.41 Å².